The average molecular weight is 364 g/mol. The maximum atomic E-state index is 8.15. The molecule has 0 atom stereocenters. The molecule has 7 heteroatoms. The Bertz CT molecular complexity index is 819. The number of halogens is 2. The molecule has 0 aliphatic rings. The second-order valence-corrected chi connectivity index (χ2v) is 5.44. The summed E-state index contributed by atoms with van der Waals surface area (Å²) in [4.78, 5) is 0. The third-order valence-electron chi connectivity index (χ3n) is 3.01. The lowest BCUT2D eigenvalue weighted by Crippen LogP contribution is -1.92. The summed E-state index contributed by atoms with van der Waals surface area (Å²) in [5.41, 5.74) is 7.70. The molecule has 0 radical (unpaired) electrons. The molecule has 5 nitrogen and oxygen atoms in total. The largest absolute Gasteiger partial charge is 0.411 e. The lowest BCUT2D eigenvalue weighted by atomic mass is 10.1. The van der Waals surface area contributed by atoms with Crippen LogP contribution >= 0.6 is 23.2 Å². The van der Waals surface area contributed by atoms with Crippen LogP contribution in [0.5, 0.6) is 0 Å². The molecule has 2 aromatic carbocycles. The van der Waals surface area contributed by atoms with E-state index in [2.05, 4.69) is 10.3 Å². The number of nitrogens with two attached hydrogens (primary N) is 1. The van der Waals surface area contributed by atoms with E-state index in [0.717, 1.165) is 11.3 Å². The highest BCUT2D eigenvalue weighted by molar-refractivity contribution is 6.33. The van der Waals surface area contributed by atoms with Gasteiger partial charge in [0.25, 0.3) is 0 Å². The summed E-state index contributed by atoms with van der Waals surface area (Å²) in [5, 5.41) is 16.1. The van der Waals surface area contributed by atoms with Gasteiger partial charge >= 0.3 is 0 Å². The maximum Gasteiger partial charge on any atom is 0.150 e. The fourth-order valence-electron chi connectivity index (χ4n) is 1.85. The molecule has 0 saturated carbocycles. The van der Waals surface area contributed by atoms with Gasteiger partial charge < -0.3 is 15.5 Å². The number of hydrogen-bond donors (Lipinski definition) is 2. The summed E-state index contributed by atoms with van der Waals surface area (Å²) in [7, 11) is 0. The molecule has 0 aliphatic carbocycles. The zero-order valence-electron chi connectivity index (χ0n) is 12.6. The van der Waals surface area contributed by atoms with Gasteiger partial charge in [0.15, 0.2) is 5.76 Å². The smallest absolute Gasteiger partial charge is 0.150 e. The highest BCUT2D eigenvalue weighted by Crippen LogP contribution is 2.26. The van der Waals surface area contributed by atoms with Crippen LogP contribution in [0, 0.1) is 0 Å². The molecule has 3 N–H and O–H groups in total. The number of oxime groups is 1. The molecule has 0 bridgehead atoms. The molecule has 1 heterocycles. The number of hydrogen-bond acceptors (Lipinski definition) is 5. The topological polar surface area (TPSA) is 84.6 Å². The quantitative estimate of drug-likeness (QED) is 0.404. The first-order valence-corrected chi connectivity index (χ1v) is 7.73. The second kappa shape index (κ2) is 9.08. The molecule has 124 valence electrons. The van der Waals surface area contributed by atoms with Crippen LogP contribution in [0.2, 0.25) is 10.0 Å². The van der Waals surface area contributed by atoms with Gasteiger partial charge in [0.05, 0.1) is 17.8 Å². The lowest BCUT2D eigenvalue weighted by Gasteiger charge is -1.96. The van der Waals surface area contributed by atoms with E-state index >= 15 is 0 Å². The molecule has 0 fully saturated rings. The maximum absolute atomic E-state index is 8.15. The molecule has 3 rings (SSSR count). The Balaban J connectivity index is 0.000000185. The monoisotopic (exact) mass is 363 g/mol. The van der Waals surface area contributed by atoms with Crippen molar-refractivity contribution in [2.24, 2.45) is 10.9 Å². The van der Waals surface area contributed by atoms with Gasteiger partial charge in [-0.15, -0.1) is 0 Å². The molecule has 0 amide bonds. The molecule has 3 aromatic rings. The first-order chi connectivity index (χ1) is 11.7. The van der Waals surface area contributed by atoms with Gasteiger partial charge in [0.1, 0.15) is 5.69 Å². The van der Waals surface area contributed by atoms with Crippen LogP contribution in [0.3, 0.4) is 0 Å². The SMILES string of the molecule is NCc1cc(-c2ccccc2Cl)no1.ON=Cc1ccccc1Cl. The van der Waals surface area contributed by atoms with Crippen LogP contribution in [0.1, 0.15) is 11.3 Å². The van der Waals surface area contributed by atoms with Gasteiger partial charge in [-0.2, -0.15) is 0 Å². The summed E-state index contributed by atoms with van der Waals surface area (Å²) in [6.07, 6.45) is 1.29. The predicted octanol–water partition coefficient (Wildman–Crippen LogP) is 4.60. The minimum Gasteiger partial charge on any atom is -0.411 e. The van der Waals surface area contributed by atoms with Crippen LogP contribution in [0.15, 0.2) is 64.3 Å². The summed E-state index contributed by atoms with van der Waals surface area (Å²) in [6, 6.07) is 16.4. The van der Waals surface area contributed by atoms with Gasteiger partial charge in [0.2, 0.25) is 0 Å². The van der Waals surface area contributed by atoms with Crippen LogP contribution in [0.4, 0.5) is 0 Å². The minimum atomic E-state index is 0.345. The van der Waals surface area contributed by atoms with Crippen molar-refractivity contribution in [3.8, 4) is 11.3 Å². The van der Waals surface area contributed by atoms with Crippen molar-refractivity contribution in [3.63, 3.8) is 0 Å². The molecule has 1 aromatic heterocycles. The third kappa shape index (κ3) is 4.83. The Morgan fingerprint density at radius 3 is 2.33 bits per heavy atom. The first kappa shape index (κ1) is 18.0. The zero-order chi connectivity index (χ0) is 17.4. The van der Waals surface area contributed by atoms with Gasteiger partial charge in [-0.1, -0.05) is 69.9 Å². The fraction of sp³-hybridized carbons (Fsp3) is 0.0588. The van der Waals surface area contributed by atoms with E-state index in [0.29, 0.717) is 27.9 Å². The normalized spacial score (nSPS) is 10.5. The summed E-state index contributed by atoms with van der Waals surface area (Å²) >= 11 is 11.7. The van der Waals surface area contributed by atoms with Crippen molar-refractivity contribution in [2.45, 2.75) is 6.54 Å². The van der Waals surface area contributed by atoms with Crippen molar-refractivity contribution in [2.75, 3.05) is 0 Å². The standard InChI is InChI=1S/C10H9ClN2O.C7H6ClNO/c11-9-4-2-1-3-8(9)10-5-7(6-12)14-13-10;8-7-4-2-1-3-6(7)5-9-10/h1-5H,6,12H2;1-5,10H. The lowest BCUT2D eigenvalue weighted by molar-refractivity contribution is 0.322. The number of benzene rings is 2. The van der Waals surface area contributed by atoms with Gasteiger partial charge in [0, 0.05) is 22.2 Å². The highest BCUT2D eigenvalue weighted by atomic mass is 35.5. The minimum absolute atomic E-state index is 0.345. The molecular weight excluding hydrogens is 349 g/mol. The second-order valence-electron chi connectivity index (χ2n) is 4.63. The Kier molecular flexibility index (Phi) is 6.81. The summed E-state index contributed by atoms with van der Waals surface area (Å²) < 4.78 is 4.99. The third-order valence-corrected chi connectivity index (χ3v) is 3.69. The number of nitrogens with zero attached hydrogens (tertiary/aromatic N) is 2. The molecular formula is C17H15Cl2N3O2. The van der Waals surface area contributed by atoms with Crippen molar-refractivity contribution >= 4 is 29.4 Å². The van der Waals surface area contributed by atoms with Crippen LogP contribution < -0.4 is 5.73 Å². The van der Waals surface area contributed by atoms with E-state index in [-0.39, 0.29) is 0 Å². The zero-order valence-corrected chi connectivity index (χ0v) is 14.1. The van der Waals surface area contributed by atoms with E-state index in [1.807, 2.05) is 36.4 Å². The Labute approximate surface area is 149 Å². The van der Waals surface area contributed by atoms with E-state index in [1.165, 1.54) is 6.21 Å². The van der Waals surface area contributed by atoms with Gasteiger partial charge in [-0.3, -0.25) is 0 Å². The van der Waals surface area contributed by atoms with Crippen molar-refractivity contribution in [1.29, 1.82) is 0 Å². The Hall–Kier alpha value is -2.34. The van der Waals surface area contributed by atoms with Gasteiger partial charge in [-0.05, 0) is 12.1 Å². The van der Waals surface area contributed by atoms with Crippen molar-refractivity contribution in [1.82, 2.24) is 5.16 Å². The van der Waals surface area contributed by atoms with E-state index in [9.17, 15) is 0 Å². The average Bonchev–Trinajstić information content (AvgIpc) is 3.07. The van der Waals surface area contributed by atoms with E-state index in [1.54, 1.807) is 18.2 Å². The summed E-state index contributed by atoms with van der Waals surface area (Å²) in [5.74, 6) is 0.653. The van der Waals surface area contributed by atoms with Crippen LogP contribution in [-0.2, 0) is 6.54 Å². The number of aromatic nitrogens is 1. The van der Waals surface area contributed by atoms with Gasteiger partial charge in [-0.25, -0.2) is 0 Å². The first-order valence-electron chi connectivity index (χ1n) is 6.98. The van der Waals surface area contributed by atoms with E-state index in [4.69, 9.17) is 38.7 Å². The Morgan fingerprint density at radius 2 is 1.75 bits per heavy atom. The fourth-order valence-corrected chi connectivity index (χ4v) is 2.26. The molecule has 24 heavy (non-hydrogen) atoms. The molecule has 0 spiro atoms. The van der Waals surface area contributed by atoms with Crippen LogP contribution in [-0.4, -0.2) is 16.6 Å². The highest BCUT2D eigenvalue weighted by Gasteiger charge is 2.07. The number of rotatable bonds is 3. The van der Waals surface area contributed by atoms with Crippen molar-refractivity contribution < 1.29 is 9.73 Å². The van der Waals surface area contributed by atoms with Crippen molar-refractivity contribution in [3.05, 3.63) is 76.0 Å². The van der Waals surface area contributed by atoms with E-state index < -0.39 is 0 Å². The Morgan fingerprint density at radius 1 is 1.08 bits per heavy atom. The summed E-state index contributed by atoms with van der Waals surface area (Å²) in [6.45, 7) is 0.345. The predicted molar refractivity (Wildman–Crippen MR) is 95.7 cm³/mol. The van der Waals surface area contributed by atoms with Crippen LogP contribution in [0.25, 0.3) is 11.3 Å². The molecule has 0 unspecified atom stereocenters. The molecule has 0 aliphatic heterocycles. The molecule has 0 saturated heterocycles.